The lowest BCUT2D eigenvalue weighted by molar-refractivity contribution is -0.131. The Hall–Kier alpha value is -1.88. The smallest absolute Gasteiger partial charge is 0.253 e. The van der Waals surface area contributed by atoms with E-state index in [0.29, 0.717) is 6.04 Å². The molecular formula is C20H29N3O2. The largest absolute Gasteiger partial charge is 0.340 e. The molecule has 5 nitrogen and oxygen atoms in total. The van der Waals surface area contributed by atoms with Crippen molar-refractivity contribution in [1.82, 2.24) is 14.7 Å². The number of piperazine rings is 1. The van der Waals surface area contributed by atoms with Gasteiger partial charge < -0.3 is 9.80 Å². The number of rotatable bonds is 2. The third-order valence-electron chi connectivity index (χ3n) is 5.42. The molecule has 0 atom stereocenters. The SMILES string of the molecule is CC(=O)N1CCN(C2CN(C(=O)c3ccc(C(C)(C)C)cc3)C2)CC1. The lowest BCUT2D eigenvalue weighted by Crippen LogP contribution is -2.64. The molecule has 2 fully saturated rings. The van der Waals surface area contributed by atoms with Gasteiger partial charge in [-0.2, -0.15) is 0 Å². The summed E-state index contributed by atoms with van der Waals surface area (Å²) in [6.45, 7) is 13.2. The van der Waals surface area contributed by atoms with E-state index < -0.39 is 0 Å². The van der Waals surface area contributed by atoms with E-state index >= 15 is 0 Å². The highest BCUT2D eigenvalue weighted by molar-refractivity contribution is 5.94. The average Bonchev–Trinajstić information content (AvgIpc) is 2.53. The molecule has 0 bridgehead atoms. The van der Waals surface area contributed by atoms with Crippen LogP contribution in [0.4, 0.5) is 0 Å². The number of benzene rings is 1. The van der Waals surface area contributed by atoms with Crippen molar-refractivity contribution in [3.63, 3.8) is 0 Å². The Labute approximate surface area is 150 Å². The number of carbonyl (C=O) groups is 2. The van der Waals surface area contributed by atoms with Crippen LogP contribution >= 0.6 is 0 Å². The Bertz CT molecular complexity index is 634. The van der Waals surface area contributed by atoms with Crippen molar-refractivity contribution in [3.8, 4) is 0 Å². The lowest BCUT2D eigenvalue weighted by Gasteiger charge is -2.48. The molecule has 1 aromatic carbocycles. The van der Waals surface area contributed by atoms with Crippen molar-refractivity contribution < 1.29 is 9.59 Å². The Morgan fingerprint density at radius 2 is 1.48 bits per heavy atom. The third kappa shape index (κ3) is 3.87. The second-order valence-electron chi connectivity index (χ2n) is 8.23. The second-order valence-corrected chi connectivity index (χ2v) is 8.23. The topological polar surface area (TPSA) is 43.9 Å². The molecule has 2 aliphatic rings. The van der Waals surface area contributed by atoms with Crippen LogP contribution in [0.25, 0.3) is 0 Å². The zero-order valence-corrected chi connectivity index (χ0v) is 15.8. The van der Waals surface area contributed by atoms with E-state index in [1.54, 1.807) is 6.92 Å². The molecule has 0 saturated carbocycles. The quantitative estimate of drug-likeness (QED) is 0.825. The minimum atomic E-state index is 0.103. The molecule has 2 aliphatic heterocycles. The number of hydrogen-bond acceptors (Lipinski definition) is 3. The molecule has 136 valence electrons. The van der Waals surface area contributed by atoms with Crippen molar-refractivity contribution in [2.75, 3.05) is 39.3 Å². The van der Waals surface area contributed by atoms with Crippen LogP contribution in [0, 0.1) is 0 Å². The van der Waals surface area contributed by atoms with Crippen molar-refractivity contribution in [2.24, 2.45) is 0 Å². The monoisotopic (exact) mass is 343 g/mol. The molecule has 2 heterocycles. The molecule has 25 heavy (non-hydrogen) atoms. The van der Waals surface area contributed by atoms with Crippen LogP contribution in [0.3, 0.4) is 0 Å². The predicted molar refractivity (Wildman–Crippen MR) is 98.7 cm³/mol. The number of hydrogen-bond donors (Lipinski definition) is 0. The van der Waals surface area contributed by atoms with E-state index in [1.807, 2.05) is 21.9 Å². The Kier molecular flexibility index (Phi) is 4.87. The van der Waals surface area contributed by atoms with Crippen molar-refractivity contribution in [1.29, 1.82) is 0 Å². The van der Waals surface area contributed by atoms with Gasteiger partial charge in [0.05, 0.1) is 0 Å². The maximum Gasteiger partial charge on any atom is 0.253 e. The molecule has 0 N–H and O–H groups in total. The zero-order valence-electron chi connectivity index (χ0n) is 15.8. The van der Waals surface area contributed by atoms with E-state index in [2.05, 4.69) is 37.8 Å². The maximum absolute atomic E-state index is 12.6. The number of likely N-dealkylation sites (tertiary alicyclic amines) is 1. The summed E-state index contributed by atoms with van der Waals surface area (Å²) < 4.78 is 0. The molecule has 0 radical (unpaired) electrons. The Morgan fingerprint density at radius 3 is 1.96 bits per heavy atom. The van der Waals surface area contributed by atoms with E-state index in [9.17, 15) is 9.59 Å². The van der Waals surface area contributed by atoms with Crippen LogP contribution in [0.1, 0.15) is 43.6 Å². The molecule has 3 rings (SSSR count). The third-order valence-corrected chi connectivity index (χ3v) is 5.42. The lowest BCUT2D eigenvalue weighted by atomic mass is 9.86. The van der Waals surface area contributed by atoms with Crippen molar-refractivity contribution in [3.05, 3.63) is 35.4 Å². The van der Waals surface area contributed by atoms with Gasteiger partial charge in [-0.3, -0.25) is 14.5 Å². The van der Waals surface area contributed by atoms with Crippen molar-refractivity contribution in [2.45, 2.75) is 39.2 Å². The molecule has 2 amide bonds. The first-order valence-corrected chi connectivity index (χ1v) is 9.15. The van der Waals surface area contributed by atoms with Gasteiger partial charge in [0, 0.05) is 57.8 Å². The molecular weight excluding hydrogens is 314 g/mol. The van der Waals surface area contributed by atoms with Gasteiger partial charge in [0.25, 0.3) is 5.91 Å². The predicted octanol–water partition coefficient (Wildman–Crippen LogP) is 1.97. The standard InChI is InChI=1S/C20H29N3O2/c1-15(24)21-9-11-22(12-10-21)18-13-23(14-18)19(25)16-5-7-17(8-6-16)20(2,3)4/h5-8,18H,9-14H2,1-4H3. The summed E-state index contributed by atoms with van der Waals surface area (Å²) >= 11 is 0. The van der Waals surface area contributed by atoms with Gasteiger partial charge in [-0.1, -0.05) is 32.9 Å². The first-order chi connectivity index (χ1) is 11.8. The molecule has 0 spiro atoms. The van der Waals surface area contributed by atoms with Crippen LogP contribution in [0.15, 0.2) is 24.3 Å². The van der Waals surface area contributed by atoms with Gasteiger partial charge in [-0.25, -0.2) is 0 Å². The molecule has 2 saturated heterocycles. The summed E-state index contributed by atoms with van der Waals surface area (Å²) in [6.07, 6.45) is 0. The van der Waals surface area contributed by atoms with E-state index in [4.69, 9.17) is 0 Å². The highest BCUT2D eigenvalue weighted by atomic mass is 16.2. The maximum atomic E-state index is 12.6. The summed E-state index contributed by atoms with van der Waals surface area (Å²) in [6, 6.07) is 8.45. The van der Waals surface area contributed by atoms with Gasteiger partial charge in [-0.05, 0) is 23.1 Å². The fourth-order valence-electron chi connectivity index (χ4n) is 3.55. The second kappa shape index (κ2) is 6.79. The summed E-state index contributed by atoms with van der Waals surface area (Å²) in [7, 11) is 0. The minimum Gasteiger partial charge on any atom is -0.340 e. The summed E-state index contributed by atoms with van der Waals surface area (Å²) in [5.74, 6) is 0.280. The highest BCUT2D eigenvalue weighted by Gasteiger charge is 2.36. The fourth-order valence-corrected chi connectivity index (χ4v) is 3.55. The Morgan fingerprint density at radius 1 is 0.920 bits per heavy atom. The van der Waals surface area contributed by atoms with Gasteiger partial charge >= 0.3 is 0 Å². The van der Waals surface area contributed by atoms with Crippen LogP contribution in [-0.2, 0) is 10.2 Å². The van der Waals surface area contributed by atoms with E-state index in [-0.39, 0.29) is 17.2 Å². The number of nitrogens with zero attached hydrogens (tertiary/aromatic N) is 3. The van der Waals surface area contributed by atoms with Gasteiger partial charge in [0.2, 0.25) is 5.91 Å². The Balaban J connectivity index is 1.51. The number of carbonyl (C=O) groups excluding carboxylic acids is 2. The molecule has 5 heteroatoms. The molecule has 0 unspecified atom stereocenters. The van der Waals surface area contributed by atoms with Crippen LogP contribution in [0.5, 0.6) is 0 Å². The normalized spacial score (nSPS) is 19.7. The number of amides is 2. The molecule has 0 aliphatic carbocycles. The minimum absolute atomic E-state index is 0.103. The van der Waals surface area contributed by atoms with Crippen LogP contribution in [0.2, 0.25) is 0 Å². The van der Waals surface area contributed by atoms with E-state index in [0.717, 1.165) is 44.8 Å². The fraction of sp³-hybridized carbons (Fsp3) is 0.600. The van der Waals surface area contributed by atoms with Crippen LogP contribution in [-0.4, -0.2) is 71.8 Å². The van der Waals surface area contributed by atoms with E-state index in [1.165, 1.54) is 5.56 Å². The van der Waals surface area contributed by atoms with Gasteiger partial charge in [0.15, 0.2) is 0 Å². The molecule has 1 aromatic rings. The van der Waals surface area contributed by atoms with Crippen LogP contribution < -0.4 is 0 Å². The highest BCUT2D eigenvalue weighted by Crippen LogP contribution is 2.24. The van der Waals surface area contributed by atoms with Gasteiger partial charge in [0.1, 0.15) is 0 Å². The summed E-state index contributed by atoms with van der Waals surface area (Å²) in [5, 5.41) is 0. The van der Waals surface area contributed by atoms with Crippen molar-refractivity contribution >= 4 is 11.8 Å². The first-order valence-electron chi connectivity index (χ1n) is 9.15. The zero-order chi connectivity index (χ0) is 18.2. The first kappa shape index (κ1) is 17.9. The molecule has 0 aromatic heterocycles. The average molecular weight is 343 g/mol. The summed E-state index contributed by atoms with van der Waals surface area (Å²) in [4.78, 5) is 30.2. The summed E-state index contributed by atoms with van der Waals surface area (Å²) in [5.41, 5.74) is 2.12. The van der Waals surface area contributed by atoms with Gasteiger partial charge in [-0.15, -0.1) is 0 Å².